The quantitative estimate of drug-likeness (QED) is 0.421. The molecule has 3 atom stereocenters. The lowest BCUT2D eigenvalue weighted by molar-refractivity contribution is -0.133. The van der Waals surface area contributed by atoms with Gasteiger partial charge in [-0.3, -0.25) is 14.3 Å². The number of aliphatic hydroxyl groups excluding tert-OH is 1. The summed E-state index contributed by atoms with van der Waals surface area (Å²) in [7, 11) is -2.31. The maximum Gasteiger partial charge on any atom is 0.330 e. The first-order valence-corrected chi connectivity index (χ1v) is 14.4. The average Bonchev–Trinajstić information content (AvgIpc) is 3.33. The predicted octanol–water partition coefficient (Wildman–Crippen LogP) is 1.31. The standard InChI is InChI=1S/C22H33N7O5Si/c1-13-8-29(20(32)27-19(13)31)15-7-14(34-35(5,6)21(2,3)4)22(10-30,33-15)9-28-12-26-16-17(23)24-11-25-18(16)28/h8,11-12,14-15,30H,7,9-10H2,1-6H3,(H2,23,24,25)(H,27,31,32)/t14-,15+,22+/m0/s1. The molecular formula is C22H33N7O5Si. The molecule has 1 saturated heterocycles. The van der Waals surface area contributed by atoms with Crippen molar-refractivity contribution in [2.45, 2.75) is 76.7 Å². The van der Waals surface area contributed by atoms with E-state index in [1.807, 2.05) is 0 Å². The Bertz CT molecular complexity index is 1360. The van der Waals surface area contributed by atoms with Crippen molar-refractivity contribution >= 4 is 25.3 Å². The normalized spacial score (nSPS) is 23.3. The molecule has 0 aliphatic carbocycles. The Labute approximate surface area is 203 Å². The van der Waals surface area contributed by atoms with Gasteiger partial charge >= 0.3 is 5.69 Å². The van der Waals surface area contributed by atoms with Gasteiger partial charge in [-0.1, -0.05) is 20.8 Å². The second kappa shape index (κ2) is 8.66. The maximum atomic E-state index is 12.6. The van der Waals surface area contributed by atoms with Gasteiger partial charge in [-0.05, 0) is 25.1 Å². The van der Waals surface area contributed by atoms with Crippen molar-refractivity contribution in [3.8, 4) is 0 Å². The van der Waals surface area contributed by atoms with Crippen LogP contribution in [0.3, 0.4) is 0 Å². The van der Waals surface area contributed by atoms with E-state index in [0.29, 0.717) is 23.1 Å². The lowest BCUT2D eigenvalue weighted by Gasteiger charge is -2.42. The van der Waals surface area contributed by atoms with Crippen molar-refractivity contribution < 1.29 is 14.3 Å². The number of H-pyrrole nitrogens is 1. The highest BCUT2D eigenvalue weighted by molar-refractivity contribution is 6.74. The molecule has 0 saturated carbocycles. The highest BCUT2D eigenvalue weighted by Gasteiger charge is 2.54. The third-order valence-corrected chi connectivity index (χ3v) is 11.7. The second-order valence-corrected chi connectivity index (χ2v) is 15.4. The van der Waals surface area contributed by atoms with Crippen LogP contribution in [0, 0.1) is 6.92 Å². The second-order valence-electron chi connectivity index (χ2n) is 10.7. The molecule has 1 aliphatic rings. The van der Waals surface area contributed by atoms with Crippen molar-refractivity contribution in [3.05, 3.63) is 45.3 Å². The first kappa shape index (κ1) is 25.2. The Morgan fingerprint density at radius 1 is 1.31 bits per heavy atom. The van der Waals surface area contributed by atoms with E-state index in [1.54, 1.807) is 17.8 Å². The molecule has 3 aromatic rings. The van der Waals surface area contributed by atoms with Crippen LogP contribution in [0.15, 0.2) is 28.4 Å². The molecule has 4 N–H and O–H groups in total. The van der Waals surface area contributed by atoms with Crippen LogP contribution in [-0.2, 0) is 15.7 Å². The number of anilines is 1. The molecule has 0 spiro atoms. The van der Waals surface area contributed by atoms with Crippen molar-refractivity contribution in [1.82, 2.24) is 29.1 Å². The summed E-state index contributed by atoms with van der Waals surface area (Å²) in [5, 5.41) is 10.6. The first-order valence-electron chi connectivity index (χ1n) is 11.5. The van der Waals surface area contributed by atoms with Gasteiger partial charge in [-0.25, -0.2) is 19.7 Å². The molecule has 1 fully saturated rings. The van der Waals surface area contributed by atoms with E-state index in [9.17, 15) is 14.7 Å². The average molecular weight is 504 g/mol. The van der Waals surface area contributed by atoms with Gasteiger partial charge in [0.05, 0.1) is 25.6 Å². The van der Waals surface area contributed by atoms with Crippen molar-refractivity contribution in [2.75, 3.05) is 12.3 Å². The number of aromatic amines is 1. The van der Waals surface area contributed by atoms with Crippen LogP contribution in [0.2, 0.25) is 18.1 Å². The van der Waals surface area contributed by atoms with Crippen LogP contribution in [0.4, 0.5) is 5.82 Å². The number of hydrogen-bond donors (Lipinski definition) is 3. The zero-order chi connectivity index (χ0) is 25.8. The fourth-order valence-corrected chi connectivity index (χ4v) is 5.46. The van der Waals surface area contributed by atoms with Crippen molar-refractivity contribution in [2.24, 2.45) is 0 Å². The number of nitrogens with zero attached hydrogens (tertiary/aromatic N) is 5. The van der Waals surface area contributed by atoms with E-state index < -0.39 is 37.5 Å². The number of fused-ring (bicyclic) bond motifs is 1. The van der Waals surface area contributed by atoms with E-state index in [2.05, 4.69) is 53.8 Å². The minimum atomic E-state index is -2.31. The Kier molecular flexibility index (Phi) is 6.24. The molecule has 12 nitrogen and oxygen atoms in total. The lowest BCUT2D eigenvalue weighted by atomic mass is 9.97. The summed E-state index contributed by atoms with van der Waals surface area (Å²) >= 11 is 0. The van der Waals surface area contributed by atoms with E-state index in [1.165, 1.54) is 17.1 Å². The zero-order valence-electron chi connectivity index (χ0n) is 20.9. The molecule has 0 radical (unpaired) electrons. The summed E-state index contributed by atoms with van der Waals surface area (Å²) in [6.07, 6.45) is 3.41. The Balaban J connectivity index is 1.79. The summed E-state index contributed by atoms with van der Waals surface area (Å²) in [4.78, 5) is 39.5. The van der Waals surface area contributed by atoms with Gasteiger partial charge in [0.2, 0.25) is 0 Å². The monoisotopic (exact) mass is 503 g/mol. The molecule has 1 aliphatic heterocycles. The number of ether oxygens (including phenoxy) is 1. The van der Waals surface area contributed by atoms with Gasteiger partial charge < -0.3 is 24.6 Å². The van der Waals surface area contributed by atoms with Crippen LogP contribution < -0.4 is 17.0 Å². The number of nitrogen functional groups attached to an aromatic ring is 1. The Morgan fingerprint density at radius 2 is 2.03 bits per heavy atom. The molecule has 0 amide bonds. The molecule has 0 bridgehead atoms. The molecule has 35 heavy (non-hydrogen) atoms. The topological polar surface area (TPSA) is 163 Å². The number of nitrogens with two attached hydrogens (primary N) is 1. The summed E-state index contributed by atoms with van der Waals surface area (Å²) in [6, 6.07) is 0. The largest absolute Gasteiger partial charge is 0.411 e. The summed E-state index contributed by atoms with van der Waals surface area (Å²) in [6.45, 7) is 12.0. The van der Waals surface area contributed by atoms with E-state index >= 15 is 0 Å². The molecular weight excluding hydrogens is 470 g/mol. The van der Waals surface area contributed by atoms with Gasteiger partial charge in [0.25, 0.3) is 5.56 Å². The fraction of sp³-hybridized carbons (Fsp3) is 0.591. The number of rotatable bonds is 6. The maximum absolute atomic E-state index is 12.6. The van der Waals surface area contributed by atoms with Crippen LogP contribution in [0.25, 0.3) is 11.2 Å². The minimum Gasteiger partial charge on any atom is -0.411 e. The molecule has 0 aromatic carbocycles. The van der Waals surface area contributed by atoms with Gasteiger partial charge in [0.15, 0.2) is 19.8 Å². The third kappa shape index (κ3) is 4.44. The lowest BCUT2D eigenvalue weighted by Crippen LogP contribution is -2.54. The molecule has 190 valence electrons. The SMILES string of the molecule is Cc1cn([C@H]2C[C@H](O[Si](C)(C)C(C)(C)C)[C@](CO)(Cn3cnc4c(N)ncnc43)O2)c(=O)[nH]c1=O. The minimum absolute atomic E-state index is 0.0962. The van der Waals surface area contributed by atoms with Crippen LogP contribution in [-0.4, -0.2) is 60.8 Å². The van der Waals surface area contributed by atoms with Crippen molar-refractivity contribution in [3.63, 3.8) is 0 Å². The molecule has 3 aromatic heterocycles. The van der Waals surface area contributed by atoms with Gasteiger partial charge in [-0.2, -0.15) is 0 Å². The highest BCUT2D eigenvalue weighted by Crippen LogP contribution is 2.45. The van der Waals surface area contributed by atoms with E-state index in [0.717, 1.165) is 0 Å². The van der Waals surface area contributed by atoms with Crippen LogP contribution in [0.5, 0.6) is 0 Å². The number of aryl methyl sites for hydroxylation is 1. The zero-order valence-corrected chi connectivity index (χ0v) is 21.9. The smallest absolute Gasteiger partial charge is 0.330 e. The number of imidazole rings is 1. The molecule has 0 unspecified atom stereocenters. The summed E-state index contributed by atoms with van der Waals surface area (Å²) < 4.78 is 16.3. The molecule has 13 heteroatoms. The highest BCUT2D eigenvalue weighted by atomic mass is 28.4. The number of aromatic nitrogens is 6. The molecule has 4 rings (SSSR count). The number of hydrogen-bond acceptors (Lipinski definition) is 9. The predicted molar refractivity (Wildman–Crippen MR) is 132 cm³/mol. The Hall–Kier alpha value is -2.87. The van der Waals surface area contributed by atoms with Crippen LogP contribution >= 0.6 is 0 Å². The fourth-order valence-electron chi connectivity index (χ4n) is 4.08. The summed E-state index contributed by atoms with van der Waals surface area (Å²) in [5.74, 6) is 0.251. The van der Waals surface area contributed by atoms with Crippen LogP contribution in [0.1, 0.15) is 39.0 Å². The van der Waals surface area contributed by atoms with Gasteiger partial charge in [0, 0.05) is 18.2 Å². The molecule has 4 heterocycles. The van der Waals surface area contributed by atoms with E-state index in [-0.39, 0.29) is 24.0 Å². The Morgan fingerprint density at radius 3 is 2.69 bits per heavy atom. The number of nitrogens with one attached hydrogen (secondary N) is 1. The number of aliphatic hydroxyl groups is 1. The first-order chi connectivity index (χ1) is 16.3. The van der Waals surface area contributed by atoms with Gasteiger partial charge in [0.1, 0.15) is 23.7 Å². The summed E-state index contributed by atoms with van der Waals surface area (Å²) in [5.41, 5.74) is 5.03. The van der Waals surface area contributed by atoms with E-state index in [4.69, 9.17) is 14.9 Å². The third-order valence-electron chi connectivity index (χ3n) is 7.21. The van der Waals surface area contributed by atoms with Crippen molar-refractivity contribution in [1.29, 1.82) is 0 Å². The van der Waals surface area contributed by atoms with Gasteiger partial charge in [-0.15, -0.1) is 0 Å².